The van der Waals surface area contributed by atoms with Crippen molar-refractivity contribution >= 4 is 6.21 Å². The Balaban J connectivity index is -0.000000470. The zero-order valence-corrected chi connectivity index (χ0v) is 16.8. The number of aliphatic hydroxyl groups excluding tert-OH is 1. The van der Waals surface area contributed by atoms with Crippen molar-refractivity contribution in [1.29, 1.82) is 0 Å². The highest BCUT2D eigenvalue weighted by Crippen LogP contribution is 2.02. The van der Waals surface area contributed by atoms with Crippen molar-refractivity contribution in [2.75, 3.05) is 48.2 Å². The second-order valence-corrected chi connectivity index (χ2v) is 4.76. The summed E-state index contributed by atoms with van der Waals surface area (Å²) in [6.45, 7) is 7.74. The topological polar surface area (TPSA) is 72.3 Å². The molecule has 0 spiro atoms. The zero-order chi connectivity index (χ0) is 19.1. The number of hydrogen-bond acceptors (Lipinski definition) is 6. The van der Waals surface area contributed by atoms with Crippen molar-refractivity contribution < 1.29 is 19.3 Å². The minimum Gasteiger partial charge on any atom is -0.389 e. The van der Waals surface area contributed by atoms with E-state index in [-0.39, 0.29) is 0 Å². The molecule has 6 nitrogen and oxygen atoms in total. The Morgan fingerprint density at radius 2 is 1.75 bits per heavy atom. The number of allylic oxidation sites excluding steroid dienone is 1. The van der Waals surface area contributed by atoms with Gasteiger partial charge in [-0.25, -0.2) is 4.99 Å². The number of rotatable bonds is 8. The molecule has 0 aromatic rings. The number of aliphatic imine (C=N–C) groups is 1. The molecule has 0 saturated heterocycles. The summed E-state index contributed by atoms with van der Waals surface area (Å²) in [5.74, 6) is 0.860. The van der Waals surface area contributed by atoms with E-state index in [1.807, 2.05) is 26.1 Å². The summed E-state index contributed by atoms with van der Waals surface area (Å²) in [5, 5.41) is 12.7. The summed E-state index contributed by atoms with van der Waals surface area (Å²) in [5.41, 5.74) is 0. The van der Waals surface area contributed by atoms with Crippen LogP contribution in [0, 0.1) is 0 Å². The highest BCUT2D eigenvalue weighted by Gasteiger charge is 2.05. The molecule has 1 aliphatic heterocycles. The fraction of sp³-hybridized carbons (Fsp3) is 0.833. The van der Waals surface area contributed by atoms with Crippen molar-refractivity contribution in [3.05, 3.63) is 11.9 Å². The number of hydrogen-bond donors (Lipinski definition) is 2. The smallest absolute Gasteiger partial charge is 0.121 e. The minimum absolute atomic E-state index is 0.393. The van der Waals surface area contributed by atoms with Crippen LogP contribution in [0.4, 0.5) is 0 Å². The largest absolute Gasteiger partial charge is 0.389 e. The van der Waals surface area contributed by atoms with Gasteiger partial charge in [-0.2, -0.15) is 0 Å². The first-order valence-electron chi connectivity index (χ1n) is 8.68. The van der Waals surface area contributed by atoms with Crippen molar-refractivity contribution in [2.24, 2.45) is 4.99 Å². The van der Waals surface area contributed by atoms with Gasteiger partial charge in [-0.1, -0.05) is 27.2 Å². The highest BCUT2D eigenvalue weighted by atomic mass is 16.5. The predicted molar refractivity (Wildman–Crippen MR) is 103 cm³/mol. The van der Waals surface area contributed by atoms with Gasteiger partial charge in [0.05, 0.1) is 12.7 Å². The lowest BCUT2D eigenvalue weighted by Crippen LogP contribution is -2.30. The quantitative estimate of drug-likeness (QED) is 0.660. The number of nitrogens with zero attached hydrogens (tertiary/aromatic N) is 1. The maximum atomic E-state index is 9.61. The molecule has 0 aliphatic carbocycles. The summed E-state index contributed by atoms with van der Waals surface area (Å²) in [4.78, 5) is 4.18. The number of ether oxygens (including phenoxy) is 3. The minimum atomic E-state index is -0.463. The lowest BCUT2D eigenvalue weighted by Gasteiger charge is -2.14. The average Bonchev–Trinajstić information content (AvgIpc) is 2.61. The van der Waals surface area contributed by atoms with Crippen LogP contribution in [0.25, 0.3) is 0 Å². The van der Waals surface area contributed by atoms with E-state index in [9.17, 15) is 5.11 Å². The zero-order valence-electron chi connectivity index (χ0n) is 16.8. The third-order valence-corrected chi connectivity index (χ3v) is 2.34. The third-order valence-electron chi connectivity index (χ3n) is 2.34. The molecule has 146 valence electrons. The fourth-order valence-corrected chi connectivity index (χ4v) is 1.38. The van der Waals surface area contributed by atoms with E-state index in [2.05, 4.69) is 26.7 Å². The molecule has 6 heteroatoms. The van der Waals surface area contributed by atoms with E-state index in [0.29, 0.717) is 13.2 Å². The Labute approximate surface area is 149 Å². The highest BCUT2D eigenvalue weighted by molar-refractivity contribution is 5.60. The van der Waals surface area contributed by atoms with Gasteiger partial charge < -0.3 is 24.6 Å². The predicted octanol–water partition coefficient (Wildman–Crippen LogP) is 3.01. The van der Waals surface area contributed by atoms with Gasteiger partial charge in [0.2, 0.25) is 0 Å². The lowest BCUT2D eigenvalue weighted by molar-refractivity contribution is 0.0370. The number of methoxy groups -OCH3 is 2. The van der Waals surface area contributed by atoms with E-state index in [1.54, 1.807) is 28.4 Å². The number of unbranched alkanes of at least 4 members (excludes halogenated alkanes) is 1. The maximum Gasteiger partial charge on any atom is 0.121 e. The van der Waals surface area contributed by atoms with Crippen molar-refractivity contribution in [2.45, 2.75) is 52.6 Å². The van der Waals surface area contributed by atoms with Gasteiger partial charge in [0.1, 0.15) is 5.82 Å². The van der Waals surface area contributed by atoms with Crippen LogP contribution in [0.3, 0.4) is 0 Å². The molecule has 0 amide bonds. The van der Waals surface area contributed by atoms with Gasteiger partial charge in [0.15, 0.2) is 0 Å². The molecule has 0 aromatic carbocycles. The van der Waals surface area contributed by atoms with Crippen molar-refractivity contribution in [1.82, 2.24) is 5.32 Å². The van der Waals surface area contributed by atoms with E-state index in [1.165, 1.54) is 0 Å². The molecular formula is C18H40N2O4. The SMILES string of the molecule is CC.CCCCOCC(O)CNC1=CCCC=N1.COC.COC. The van der Waals surface area contributed by atoms with Crippen LogP contribution in [0.15, 0.2) is 16.9 Å². The first-order chi connectivity index (χ1) is 11.7. The molecular weight excluding hydrogens is 308 g/mol. The van der Waals surface area contributed by atoms with Gasteiger partial charge in [-0.05, 0) is 25.3 Å². The Hall–Kier alpha value is -0.950. The Morgan fingerprint density at radius 1 is 1.17 bits per heavy atom. The molecule has 1 rings (SSSR count). The number of aliphatic hydroxyl groups is 1. The molecule has 1 atom stereocenters. The van der Waals surface area contributed by atoms with Crippen LogP contribution >= 0.6 is 0 Å². The second-order valence-electron chi connectivity index (χ2n) is 4.76. The molecule has 0 saturated carbocycles. The molecule has 1 heterocycles. The summed E-state index contributed by atoms with van der Waals surface area (Å²) in [7, 11) is 6.50. The summed E-state index contributed by atoms with van der Waals surface area (Å²) < 4.78 is 13.8. The van der Waals surface area contributed by atoms with Gasteiger partial charge >= 0.3 is 0 Å². The first-order valence-corrected chi connectivity index (χ1v) is 8.68. The standard InChI is InChI=1S/C12H22N2O2.2C2H6O.C2H6/c1-2-3-8-16-10-11(15)9-14-12-6-4-5-7-13-12;2*1-3-2;1-2/h6-7,11,14-15H,2-5,8-10H2,1H3;2*1-2H3;1-2H3. The molecule has 2 N–H and O–H groups in total. The second kappa shape index (κ2) is 26.9. The fourth-order valence-electron chi connectivity index (χ4n) is 1.38. The van der Waals surface area contributed by atoms with Crippen LogP contribution < -0.4 is 5.32 Å². The lowest BCUT2D eigenvalue weighted by atomic mass is 10.2. The molecule has 0 fully saturated rings. The van der Waals surface area contributed by atoms with Crippen LogP contribution in [-0.4, -0.2) is 65.6 Å². The monoisotopic (exact) mass is 348 g/mol. The summed E-state index contributed by atoms with van der Waals surface area (Å²) in [6, 6.07) is 0. The van der Waals surface area contributed by atoms with E-state index in [4.69, 9.17) is 4.74 Å². The van der Waals surface area contributed by atoms with E-state index < -0.39 is 6.10 Å². The normalized spacial score (nSPS) is 13.1. The molecule has 0 bridgehead atoms. The Bertz CT molecular complexity index is 270. The van der Waals surface area contributed by atoms with Crippen molar-refractivity contribution in [3.8, 4) is 0 Å². The van der Waals surface area contributed by atoms with Crippen LogP contribution in [0.2, 0.25) is 0 Å². The first kappa shape index (κ1) is 27.9. The van der Waals surface area contributed by atoms with Gasteiger partial charge in [-0.3, -0.25) is 0 Å². The molecule has 1 aliphatic rings. The molecule has 0 radical (unpaired) electrons. The third kappa shape index (κ3) is 26.0. The van der Waals surface area contributed by atoms with E-state index >= 15 is 0 Å². The van der Waals surface area contributed by atoms with Gasteiger partial charge in [-0.15, -0.1) is 0 Å². The van der Waals surface area contributed by atoms with Crippen molar-refractivity contribution in [3.63, 3.8) is 0 Å². The summed E-state index contributed by atoms with van der Waals surface area (Å²) >= 11 is 0. The van der Waals surface area contributed by atoms with Crippen LogP contribution in [0.1, 0.15) is 46.5 Å². The maximum absolute atomic E-state index is 9.61. The van der Waals surface area contributed by atoms with Gasteiger partial charge in [0, 0.05) is 47.8 Å². The van der Waals surface area contributed by atoms with Crippen LogP contribution in [0.5, 0.6) is 0 Å². The number of nitrogens with one attached hydrogen (secondary N) is 1. The average molecular weight is 349 g/mol. The molecule has 0 aromatic heterocycles. The Morgan fingerprint density at radius 3 is 2.21 bits per heavy atom. The summed E-state index contributed by atoms with van der Waals surface area (Å²) in [6.07, 6.45) is 7.68. The van der Waals surface area contributed by atoms with Crippen LogP contribution in [-0.2, 0) is 14.2 Å². The molecule has 24 heavy (non-hydrogen) atoms. The Kier molecular flexibility index (Phi) is 31.3. The van der Waals surface area contributed by atoms with E-state index in [0.717, 1.165) is 38.1 Å². The van der Waals surface area contributed by atoms with Gasteiger partial charge in [0.25, 0.3) is 0 Å². The molecule has 1 unspecified atom stereocenters.